The summed E-state index contributed by atoms with van der Waals surface area (Å²) in [6, 6.07) is 4.69. The first-order valence-corrected chi connectivity index (χ1v) is 7.41. The van der Waals surface area contributed by atoms with Crippen molar-refractivity contribution in [3.05, 3.63) is 23.8 Å². The Balaban J connectivity index is 1.82. The zero-order valence-corrected chi connectivity index (χ0v) is 13.3. The highest BCUT2D eigenvalue weighted by atomic mass is 16.5. The van der Waals surface area contributed by atoms with Gasteiger partial charge < -0.3 is 24.3 Å². The number of rotatable bonds is 7. The molecule has 0 bridgehead atoms. The molecule has 0 aromatic heterocycles. The second-order valence-corrected chi connectivity index (χ2v) is 5.12. The molecule has 0 aliphatic carbocycles. The van der Waals surface area contributed by atoms with Crippen LogP contribution in [0.5, 0.6) is 11.5 Å². The van der Waals surface area contributed by atoms with Crippen molar-refractivity contribution in [1.29, 1.82) is 0 Å². The van der Waals surface area contributed by atoms with Crippen LogP contribution in [-0.2, 0) is 14.3 Å². The van der Waals surface area contributed by atoms with Crippen LogP contribution in [0.1, 0.15) is 23.2 Å². The van der Waals surface area contributed by atoms with Crippen molar-refractivity contribution < 1.29 is 28.5 Å². The Kier molecular flexibility index (Phi) is 6.22. The van der Waals surface area contributed by atoms with Crippen LogP contribution in [0.4, 0.5) is 0 Å². The molecule has 0 radical (unpaired) electrons. The maximum absolute atomic E-state index is 12.0. The molecular formula is C16H21NO6. The maximum atomic E-state index is 12.0. The number of hydrogen-bond acceptors (Lipinski definition) is 6. The van der Waals surface area contributed by atoms with Gasteiger partial charge in [-0.2, -0.15) is 0 Å². The molecule has 7 heteroatoms. The minimum atomic E-state index is -0.616. The zero-order chi connectivity index (χ0) is 16.7. The van der Waals surface area contributed by atoms with Gasteiger partial charge in [0.15, 0.2) is 6.61 Å². The molecule has 2 rings (SSSR count). The van der Waals surface area contributed by atoms with Crippen LogP contribution in [0, 0.1) is 0 Å². The molecule has 1 N–H and O–H groups in total. The molecule has 1 amide bonds. The molecule has 1 heterocycles. The number of amides is 1. The lowest BCUT2D eigenvalue weighted by Gasteiger charge is -2.11. The average Bonchev–Trinajstić information content (AvgIpc) is 3.10. The summed E-state index contributed by atoms with van der Waals surface area (Å²) in [6.45, 7) is 0.821. The molecule has 1 saturated heterocycles. The average molecular weight is 323 g/mol. The number of carbonyl (C=O) groups excluding carboxylic acids is 2. The second-order valence-electron chi connectivity index (χ2n) is 5.12. The molecule has 126 valence electrons. The molecule has 1 aromatic carbocycles. The topological polar surface area (TPSA) is 83.1 Å². The van der Waals surface area contributed by atoms with Gasteiger partial charge in [0.1, 0.15) is 11.5 Å². The quantitative estimate of drug-likeness (QED) is 0.758. The third-order valence-corrected chi connectivity index (χ3v) is 3.47. The first-order valence-electron chi connectivity index (χ1n) is 7.41. The van der Waals surface area contributed by atoms with Gasteiger partial charge in [-0.15, -0.1) is 0 Å². The zero-order valence-electron chi connectivity index (χ0n) is 13.3. The lowest BCUT2D eigenvalue weighted by atomic mass is 10.2. The SMILES string of the molecule is COc1cc(OC)cc(C(=O)OCC(=O)NC[C@H]2CCCO2)c1. The first kappa shape index (κ1) is 17.1. The van der Waals surface area contributed by atoms with E-state index in [1.165, 1.54) is 26.4 Å². The molecule has 1 aliphatic rings. The van der Waals surface area contributed by atoms with Gasteiger partial charge in [-0.25, -0.2) is 4.79 Å². The summed E-state index contributed by atoms with van der Waals surface area (Å²) in [4.78, 5) is 23.7. The van der Waals surface area contributed by atoms with Crippen LogP contribution in [-0.4, -0.2) is 52.0 Å². The fraction of sp³-hybridized carbons (Fsp3) is 0.500. The van der Waals surface area contributed by atoms with Crippen LogP contribution in [0.15, 0.2) is 18.2 Å². The number of benzene rings is 1. The fourth-order valence-electron chi connectivity index (χ4n) is 2.22. The molecule has 23 heavy (non-hydrogen) atoms. The highest BCUT2D eigenvalue weighted by Gasteiger charge is 2.17. The van der Waals surface area contributed by atoms with Crippen LogP contribution in [0.3, 0.4) is 0 Å². The summed E-state index contributed by atoms with van der Waals surface area (Å²) < 4.78 is 20.6. The second kappa shape index (κ2) is 8.38. The number of nitrogens with one attached hydrogen (secondary N) is 1. The summed E-state index contributed by atoms with van der Waals surface area (Å²) in [5.41, 5.74) is 0.258. The standard InChI is InChI=1S/C16H21NO6/c1-20-13-6-11(7-14(8-13)21-2)16(19)23-10-15(18)17-9-12-4-3-5-22-12/h6-8,12H,3-5,9-10H2,1-2H3,(H,17,18)/t12-/m1/s1. The van der Waals surface area contributed by atoms with Gasteiger partial charge in [-0.05, 0) is 25.0 Å². The third-order valence-electron chi connectivity index (χ3n) is 3.47. The molecule has 0 unspecified atom stereocenters. The number of esters is 1. The summed E-state index contributed by atoms with van der Waals surface area (Å²) >= 11 is 0. The molecule has 1 aliphatic heterocycles. The summed E-state index contributed by atoms with van der Waals surface area (Å²) in [7, 11) is 2.98. The van der Waals surface area contributed by atoms with Gasteiger partial charge in [0, 0.05) is 19.2 Å². The van der Waals surface area contributed by atoms with Crippen molar-refractivity contribution in [2.24, 2.45) is 0 Å². The number of hydrogen-bond donors (Lipinski definition) is 1. The van der Waals surface area contributed by atoms with Crippen molar-refractivity contribution in [2.75, 3.05) is 34.0 Å². The molecule has 1 fully saturated rings. The largest absolute Gasteiger partial charge is 0.497 e. The van der Waals surface area contributed by atoms with Crippen molar-refractivity contribution in [1.82, 2.24) is 5.32 Å². The van der Waals surface area contributed by atoms with Crippen molar-refractivity contribution in [3.8, 4) is 11.5 Å². The minimum absolute atomic E-state index is 0.0531. The summed E-state index contributed by atoms with van der Waals surface area (Å²) in [6.07, 6.45) is 1.99. The number of ether oxygens (including phenoxy) is 4. The number of carbonyl (C=O) groups is 2. The Morgan fingerprint density at radius 3 is 2.48 bits per heavy atom. The monoisotopic (exact) mass is 323 g/mol. The molecule has 0 spiro atoms. The molecule has 0 saturated carbocycles. The van der Waals surface area contributed by atoms with E-state index in [2.05, 4.69) is 5.32 Å². The van der Waals surface area contributed by atoms with Crippen LogP contribution in [0.2, 0.25) is 0 Å². The van der Waals surface area contributed by atoms with Gasteiger partial charge in [0.2, 0.25) is 0 Å². The predicted octanol–water partition coefficient (Wildman–Crippen LogP) is 1.16. The van der Waals surface area contributed by atoms with Crippen LogP contribution < -0.4 is 14.8 Å². The van der Waals surface area contributed by atoms with E-state index in [9.17, 15) is 9.59 Å². The highest BCUT2D eigenvalue weighted by Crippen LogP contribution is 2.22. The normalized spacial score (nSPS) is 16.7. The van der Waals surface area contributed by atoms with E-state index in [1.807, 2.05) is 0 Å². The van der Waals surface area contributed by atoms with Gasteiger partial charge >= 0.3 is 5.97 Å². The fourth-order valence-corrected chi connectivity index (χ4v) is 2.22. The Labute approximate surface area is 134 Å². The van der Waals surface area contributed by atoms with E-state index in [0.29, 0.717) is 18.0 Å². The van der Waals surface area contributed by atoms with Gasteiger partial charge in [-0.1, -0.05) is 0 Å². The predicted molar refractivity (Wildman–Crippen MR) is 81.8 cm³/mol. The summed E-state index contributed by atoms with van der Waals surface area (Å²) in [5.74, 6) is -0.0311. The molecule has 7 nitrogen and oxygen atoms in total. The maximum Gasteiger partial charge on any atom is 0.338 e. The van der Waals surface area contributed by atoms with Crippen LogP contribution >= 0.6 is 0 Å². The van der Waals surface area contributed by atoms with Gasteiger partial charge in [0.25, 0.3) is 5.91 Å². The van der Waals surface area contributed by atoms with Gasteiger partial charge in [-0.3, -0.25) is 4.79 Å². The van der Waals surface area contributed by atoms with Gasteiger partial charge in [0.05, 0.1) is 25.9 Å². The smallest absolute Gasteiger partial charge is 0.338 e. The molecular weight excluding hydrogens is 302 g/mol. The Morgan fingerprint density at radius 1 is 1.22 bits per heavy atom. The molecule has 1 atom stereocenters. The van der Waals surface area contributed by atoms with E-state index in [4.69, 9.17) is 18.9 Å². The number of methoxy groups -OCH3 is 2. The van der Waals surface area contributed by atoms with Crippen LogP contribution in [0.25, 0.3) is 0 Å². The Hall–Kier alpha value is -2.28. The first-order chi connectivity index (χ1) is 11.1. The molecule has 1 aromatic rings. The third kappa shape index (κ3) is 5.14. The Bertz CT molecular complexity index is 531. The Morgan fingerprint density at radius 2 is 1.91 bits per heavy atom. The van der Waals surface area contributed by atoms with E-state index in [1.54, 1.807) is 6.07 Å². The van der Waals surface area contributed by atoms with Crippen molar-refractivity contribution in [3.63, 3.8) is 0 Å². The lowest BCUT2D eigenvalue weighted by molar-refractivity contribution is -0.124. The lowest BCUT2D eigenvalue weighted by Crippen LogP contribution is -2.34. The minimum Gasteiger partial charge on any atom is -0.497 e. The van der Waals surface area contributed by atoms with E-state index < -0.39 is 5.97 Å². The summed E-state index contributed by atoms with van der Waals surface area (Å²) in [5, 5.41) is 2.69. The van der Waals surface area contributed by atoms with E-state index >= 15 is 0 Å². The van der Waals surface area contributed by atoms with E-state index in [0.717, 1.165) is 19.4 Å². The van der Waals surface area contributed by atoms with Crippen molar-refractivity contribution >= 4 is 11.9 Å². The van der Waals surface area contributed by atoms with Crippen molar-refractivity contribution in [2.45, 2.75) is 18.9 Å². The highest BCUT2D eigenvalue weighted by molar-refractivity contribution is 5.92. The van der Waals surface area contributed by atoms with E-state index in [-0.39, 0.29) is 24.2 Å².